The molecule has 1 atom stereocenters. The fourth-order valence-corrected chi connectivity index (χ4v) is 4.58. The first-order chi connectivity index (χ1) is 16.1. The topological polar surface area (TPSA) is 119 Å². The van der Waals surface area contributed by atoms with E-state index >= 15 is 0 Å². The molecule has 6 rings (SSSR count). The standard InChI is InChI=1S/C24H20FN5O3/c25-17-6-5-13(16-10-28-30-22(16)17)19-15-9-18(33-12-3-2-8-32-11-12)23-14(4-1-7-27-23)21(15)29-24(31)20(19)26/h1,4-7,9-10,12H,2-3,8,11,26H2,(H,28,30)(H,29,31). The summed E-state index contributed by atoms with van der Waals surface area (Å²) in [6.45, 7) is 1.23. The summed E-state index contributed by atoms with van der Waals surface area (Å²) in [6.07, 6.45) is 4.91. The van der Waals surface area contributed by atoms with E-state index in [-0.39, 0.29) is 17.3 Å². The van der Waals surface area contributed by atoms with E-state index < -0.39 is 11.4 Å². The molecule has 0 spiro atoms. The zero-order valence-electron chi connectivity index (χ0n) is 17.5. The lowest BCUT2D eigenvalue weighted by molar-refractivity contribution is 0.00806. The average Bonchev–Trinajstić information content (AvgIpc) is 3.33. The Bertz CT molecular complexity index is 1590. The Morgan fingerprint density at radius 2 is 2.09 bits per heavy atom. The number of nitrogens with two attached hydrogens (primary N) is 1. The summed E-state index contributed by atoms with van der Waals surface area (Å²) >= 11 is 0. The number of rotatable bonds is 3. The number of ether oxygens (including phenoxy) is 2. The van der Waals surface area contributed by atoms with Crippen LogP contribution in [0.3, 0.4) is 0 Å². The number of anilines is 1. The van der Waals surface area contributed by atoms with Crippen molar-refractivity contribution in [3.63, 3.8) is 0 Å². The molecule has 1 aliphatic rings. The van der Waals surface area contributed by atoms with Crippen LogP contribution in [0.5, 0.6) is 5.75 Å². The summed E-state index contributed by atoms with van der Waals surface area (Å²) < 4.78 is 26.2. The smallest absolute Gasteiger partial charge is 0.272 e. The van der Waals surface area contributed by atoms with E-state index in [4.69, 9.17) is 15.2 Å². The van der Waals surface area contributed by atoms with Crippen LogP contribution in [-0.2, 0) is 4.74 Å². The van der Waals surface area contributed by atoms with Crippen molar-refractivity contribution in [2.24, 2.45) is 0 Å². The number of aromatic nitrogens is 4. The Morgan fingerprint density at radius 1 is 1.18 bits per heavy atom. The van der Waals surface area contributed by atoms with Crippen LogP contribution in [0.25, 0.3) is 43.8 Å². The molecule has 2 aromatic carbocycles. The summed E-state index contributed by atoms with van der Waals surface area (Å²) in [6, 6.07) is 8.47. The lowest BCUT2D eigenvalue weighted by Crippen LogP contribution is -2.28. The van der Waals surface area contributed by atoms with Gasteiger partial charge in [0.2, 0.25) is 0 Å². The maximum atomic E-state index is 14.3. The Balaban J connectivity index is 1.69. The van der Waals surface area contributed by atoms with Crippen molar-refractivity contribution in [3.8, 4) is 16.9 Å². The van der Waals surface area contributed by atoms with Crippen molar-refractivity contribution in [2.75, 3.05) is 18.9 Å². The molecule has 5 aromatic rings. The lowest BCUT2D eigenvalue weighted by atomic mass is 9.95. The van der Waals surface area contributed by atoms with Crippen LogP contribution in [0, 0.1) is 5.82 Å². The molecule has 0 aliphatic carbocycles. The molecule has 1 fully saturated rings. The highest BCUT2D eigenvalue weighted by molar-refractivity contribution is 6.15. The predicted molar refractivity (Wildman–Crippen MR) is 124 cm³/mol. The van der Waals surface area contributed by atoms with Crippen LogP contribution in [0.1, 0.15) is 12.8 Å². The maximum absolute atomic E-state index is 14.3. The fraction of sp³-hybridized carbons (Fsp3) is 0.208. The molecule has 166 valence electrons. The molecule has 8 nitrogen and oxygen atoms in total. The van der Waals surface area contributed by atoms with Crippen LogP contribution in [0.2, 0.25) is 0 Å². The highest BCUT2D eigenvalue weighted by atomic mass is 19.1. The van der Waals surface area contributed by atoms with Crippen molar-refractivity contribution < 1.29 is 13.9 Å². The van der Waals surface area contributed by atoms with E-state index in [9.17, 15) is 9.18 Å². The molecule has 3 aromatic heterocycles. The fourth-order valence-electron chi connectivity index (χ4n) is 4.58. The van der Waals surface area contributed by atoms with Gasteiger partial charge in [0.25, 0.3) is 5.56 Å². The van der Waals surface area contributed by atoms with Crippen LogP contribution < -0.4 is 16.0 Å². The summed E-state index contributed by atoms with van der Waals surface area (Å²) in [7, 11) is 0. The van der Waals surface area contributed by atoms with Crippen LogP contribution >= 0.6 is 0 Å². The molecule has 1 unspecified atom stereocenters. The second kappa shape index (κ2) is 7.56. The summed E-state index contributed by atoms with van der Waals surface area (Å²) in [5.41, 5.74) is 8.48. The Hall–Kier alpha value is -3.98. The molecule has 9 heteroatoms. The Kier molecular flexibility index (Phi) is 4.51. The number of nitrogens with one attached hydrogen (secondary N) is 2. The van der Waals surface area contributed by atoms with Crippen molar-refractivity contribution >= 4 is 38.4 Å². The molecule has 0 saturated carbocycles. The molecule has 0 radical (unpaired) electrons. The van der Waals surface area contributed by atoms with Gasteiger partial charge in [0.05, 0.1) is 18.3 Å². The van der Waals surface area contributed by atoms with E-state index in [0.717, 1.165) is 24.8 Å². The number of nitrogens with zero attached hydrogens (tertiary/aromatic N) is 2. The first-order valence-corrected chi connectivity index (χ1v) is 10.7. The number of nitrogen functional groups attached to an aromatic ring is 1. The van der Waals surface area contributed by atoms with Gasteiger partial charge in [-0.25, -0.2) is 4.39 Å². The van der Waals surface area contributed by atoms with Gasteiger partial charge in [0.15, 0.2) is 0 Å². The highest BCUT2D eigenvalue weighted by Crippen LogP contribution is 2.40. The average molecular weight is 445 g/mol. The van der Waals surface area contributed by atoms with Crippen LogP contribution in [0.15, 0.2) is 47.5 Å². The molecule has 1 saturated heterocycles. The maximum Gasteiger partial charge on any atom is 0.272 e. The van der Waals surface area contributed by atoms with Crippen molar-refractivity contribution in [3.05, 3.63) is 58.9 Å². The zero-order chi connectivity index (χ0) is 22.5. The van der Waals surface area contributed by atoms with E-state index in [1.807, 2.05) is 12.1 Å². The number of benzene rings is 2. The molecule has 4 N–H and O–H groups in total. The van der Waals surface area contributed by atoms with Gasteiger partial charge in [-0.2, -0.15) is 5.10 Å². The molecule has 0 bridgehead atoms. The minimum atomic E-state index is -0.435. The summed E-state index contributed by atoms with van der Waals surface area (Å²) in [5, 5.41) is 8.59. The summed E-state index contributed by atoms with van der Waals surface area (Å²) in [4.78, 5) is 20.3. The van der Waals surface area contributed by atoms with Gasteiger partial charge in [-0.3, -0.25) is 14.9 Å². The Labute approximate surface area is 186 Å². The number of fused-ring (bicyclic) bond motifs is 4. The highest BCUT2D eigenvalue weighted by Gasteiger charge is 2.22. The third-order valence-electron chi connectivity index (χ3n) is 6.12. The number of aromatic amines is 2. The van der Waals surface area contributed by atoms with Crippen LogP contribution in [-0.4, -0.2) is 39.5 Å². The number of H-pyrrole nitrogens is 2. The van der Waals surface area contributed by atoms with Gasteiger partial charge in [-0.05, 0) is 42.7 Å². The van der Waals surface area contributed by atoms with Crippen molar-refractivity contribution in [2.45, 2.75) is 18.9 Å². The second-order valence-corrected chi connectivity index (χ2v) is 8.15. The molecule has 0 amide bonds. The van der Waals surface area contributed by atoms with E-state index in [0.29, 0.717) is 45.3 Å². The first-order valence-electron chi connectivity index (χ1n) is 10.7. The van der Waals surface area contributed by atoms with Gasteiger partial charge in [-0.1, -0.05) is 6.07 Å². The molecular weight excluding hydrogens is 425 g/mol. The predicted octanol–water partition coefficient (Wildman–Crippen LogP) is 3.90. The van der Waals surface area contributed by atoms with Gasteiger partial charge in [0, 0.05) is 34.5 Å². The monoisotopic (exact) mass is 445 g/mol. The van der Waals surface area contributed by atoms with Gasteiger partial charge < -0.3 is 20.2 Å². The van der Waals surface area contributed by atoms with Crippen molar-refractivity contribution in [1.82, 2.24) is 20.2 Å². The minimum Gasteiger partial charge on any atom is -0.486 e. The molecular formula is C24H20FN5O3. The zero-order valence-corrected chi connectivity index (χ0v) is 17.5. The van der Waals surface area contributed by atoms with E-state index in [2.05, 4.69) is 20.2 Å². The quantitative estimate of drug-likeness (QED) is 0.363. The number of hydrogen-bond acceptors (Lipinski definition) is 6. The number of hydrogen-bond donors (Lipinski definition) is 3. The largest absolute Gasteiger partial charge is 0.486 e. The van der Waals surface area contributed by atoms with Gasteiger partial charge in [-0.15, -0.1) is 0 Å². The lowest BCUT2D eigenvalue weighted by Gasteiger charge is -2.24. The van der Waals surface area contributed by atoms with Gasteiger partial charge >= 0.3 is 0 Å². The summed E-state index contributed by atoms with van der Waals surface area (Å²) in [5.74, 6) is 0.141. The van der Waals surface area contributed by atoms with Gasteiger partial charge in [0.1, 0.15) is 34.4 Å². The second-order valence-electron chi connectivity index (χ2n) is 8.15. The first kappa shape index (κ1) is 19.7. The third-order valence-corrected chi connectivity index (χ3v) is 6.12. The normalized spacial score (nSPS) is 16.6. The molecule has 33 heavy (non-hydrogen) atoms. The van der Waals surface area contributed by atoms with E-state index in [1.54, 1.807) is 18.3 Å². The van der Waals surface area contributed by atoms with Crippen molar-refractivity contribution in [1.29, 1.82) is 0 Å². The molecule has 1 aliphatic heterocycles. The van der Waals surface area contributed by atoms with E-state index in [1.165, 1.54) is 12.3 Å². The molecule has 4 heterocycles. The third kappa shape index (κ3) is 3.12. The Morgan fingerprint density at radius 3 is 2.94 bits per heavy atom. The SMILES string of the molecule is Nc1c(-c2ccc(F)c3[nH]ncc23)c2cc(OC3CCCOC3)c3ncccc3c2[nH]c1=O. The van der Waals surface area contributed by atoms with Crippen LogP contribution in [0.4, 0.5) is 10.1 Å². The number of halogens is 1. The number of pyridine rings is 2. The minimum absolute atomic E-state index is 0.0341.